The SMILES string of the molecule is Cc1ccc(C(=O)N2CC(O)(C(C)C)C2)c(C)n1. The fraction of sp³-hybridized carbons (Fsp3) is 0.571. The number of rotatable bonds is 2. The standard InChI is InChI=1S/C14H20N2O2/c1-9(2)14(18)7-16(8-14)13(17)12-6-5-10(3)15-11(12)4/h5-6,9,18H,7-8H2,1-4H3. The van der Waals surface area contributed by atoms with Crippen LogP contribution in [0.4, 0.5) is 0 Å². The Hall–Kier alpha value is -1.42. The lowest BCUT2D eigenvalue weighted by molar-refractivity contribution is -0.110. The van der Waals surface area contributed by atoms with E-state index in [9.17, 15) is 9.90 Å². The van der Waals surface area contributed by atoms with E-state index in [4.69, 9.17) is 0 Å². The van der Waals surface area contributed by atoms with Crippen molar-refractivity contribution in [1.82, 2.24) is 9.88 Å². The van der Waals surface area contributed by atoms with Gasteiger partial charge in [0.15, 0.2) is 0 Å². The number of aryl methyl sites for hydroxylation is 2. The van der Waals surface area contributed by atoms with Crippen LogP contribution in [0.25, 0.3) is 0 Å². The number of aromatic nitrogens is 1. The van der Waals surface area contributed by atoms with Crippen molar-refractivity contribution >= 4 is 5.91 Å². The van der Waals surface area contributed by atoms with E-state index >= 15 is 0 Å². The van der Waals surface area contributed by atoms with Crippen molar-refractivity contribution in [1.29, 1.82) is 0 Å². The topological polar surface area (TPSA) is 53.4 Å². The molecule has 1 aromatic rings. The average Bonchev–Trinajstić information content (AvgIpc) is 2.23. The lowest BCUT2D eigenvalue weighted by Crippen LogP contribution is -2.66. The number of β-amino-alcohol motifs (C(OH)–C–C–N with tert-alkyl or cyclic N) is 1. The van der Waals surface area contributed by atoms with Gasteiger partial charge in [0.2, 0.25) is 0 Å². The highest BCUT2D eigenvalue weighted by Gasteiger charge is 2.46. The van der Waals surface area contributed by atoms with Gasteiger partial charge in [0.05, 0.1) is 24.3 Å². The Kier molecular flexibility index (Phi) is 3.15. The summed E-state index contributed by atoms with van der Waals surface area (Å²) in [5.74, 6) is 0.129. The minimum Gasteiger partial charge on any atom is -0.386 e. The predicted octanol–water partition coefficient (Wildman–Crippen LogP) is 1.54. The largest absolute Gasteiger partial charge is 0.386 e. The zero-order chi connectivity index (χ0) is 13.5. The molecule has 18 heavy (non-hydrogen) atoms. The summed E-state index contributed by atoms with van der Waals surface area (Å²) in [5.41, 5.74) is 1.57. The normalized spacial score (nSPS) is 17.8. The highest BCUT2D eigenvalue weighted by atomic mass is 16.3. The molecule has 2 rings (SSSR count). The zero-order valence-corrected chi connectivity index (χ0v) is 11.4. The first kappa shape index (κ1) is 13.0. The summed E-state index contributed by atoms with van der Waals surface area (Å²) in [6, 6.07) is 3.65. The summed E-state index contributed by atoms with van der Waals surface area (Å²) < 4.78 is 0. The van der Waals surface area contributed by atoms with Crippen molar-refractivity contribution in [3.8, 4) is 0 Å². The van der Waals surface area contributed by atoms with Crippen molar-refractivity contribution in [2.24, 2.45) is 5.92 Å². The maximum Gasteiger partial charge on any atom is 0.255 e. The van der Waals surface area contributed by atoms with Gasteiger partial charge in [-0.2, -0.15) is 0 Å². The number of aliphatic hydroxyl groups is 1. The summed E-state index contributed by atoms with van der Waals surface area (Å²) in [4.78, 5) is 18.2. The summed E-state index contributed by atoms with van der Waals surface area (Å²) in [6.45, 7) is 8.52. The van der Waals surface area contributed by atoms with Crippen molar-refractivity contribution in [2.45, 2.75) is 33.3 Å². The van der Waals surface area contributed by atoms with Gasteiger partial charge in [0, 0.05) is 5.69 Å². The molecule has 0 aromatic carbocycles. The van der Waals surface area contributed by atoms with Crippen LogP contribution in [0.2, 0.25) is 0 Å². The Balaban J connectivity index is 2.11. The lowest BCUT2D eigenvalue weighted by atomic mass is 9.82. The van der Waals surface area contributed by atoms with Crippen LogP contribution in [-0.2, 0) is 0 Å². The molecular formula is C14H20N2O2. The number of carbonyl (C=O) groups excluding carboxylic acids is 1. The van der Waals surface area contributed by atoms with E-state index in [1.165, 1.54) is 0 Å². The smallest absolute Gasteiger partial charge is 0.255 e. The zero-order valence-electron chi connectivity index (χ0n) is 11.4. The van der Waals surface area contributed by atoms with Gasteiger partial charge in [0.25, 0.3) is 5.91 Å². The third-order valence-corrected chi connectivity index (χ3v) is 3.75. The average molecular weight is 248 g/mol. The Morgan fingerprint density at radius 3 is 2.50 bits per heavy atom. The molecule has 0 radical (unpaired) electrons. The number of nitrogens with zero attached hydrogens (tertiary/aromatic N) is 2. The molecule has 0 aliphatic carbocycles. The van der Waals surface area contributed by atoms with E-state index in [0.717, 1.165) is 11.4 Å². The van der Waals surface area contributed by atoms with E-state index < -0.39 is 5.60 Å². The number of hydrogen-bond donors (Lipinski definition) is 1. The van der Waals surface area contributed by atoms with Crippen molar-refractivity contribution in [2.75, 3.05) is 13.1 Å². The van der Waals surface area contributed by atoms with Gasteiger partial charge in [-0.3, -0.25) is 9.78 Å². The molecule has 1 fully saturated rings. The molecule has 1 aliphatic rings. The van der Waals surface area contributed by atoms with Gasteiger partial charge in [-0.05, 0) is 31.9 Å². The number of likely N-dealkylation sites (tertiary alicyclic amines) is 1. The minimum atomic E-state index is -0.721. The van der Waals surface area contributed by atoms with E-state index in [1.807, 2.05) is 39.8 Å². The number of hydrogen-bond acceptors (Lipinski definition) is 3. The van der Waals surface area contributed by atoms with Crippen LogP contribution < -0.4 is 0 Å². The van der Waals surface area contributed by atoms with Crippen LogP contribution in [0.1, 0.15) is 35.6 Å². The van der Waals surface area contributed by atoms with Gasteiger partial charge in [0.1, 0.15) is 5.60 Å². The quantitative estimate of drug-likeness (QED) is 0.863. The number of amides is 1. The second kappa shape index (κ2) is 4.35. The van der Waals surface area contributed by atoms with E-state index in [-0.39, 0.29) is 11.8 Å². The van der Waals surface area contributed by atoms with Crippen LogP contribution in [0.15, 0.2) is 12.1 Å². The van der Waals surface area contributed by atoms with Gasteiger partial charge in [-0.25, -0.2) is 0 Å². The summed E-state index contributed by atoms with van der Waals surface area (Å²) in [5, 5.41) is 10.2. The maximum atomic E-state index is 12.2. The van der Waals surface area contributed by atoms with Crippen LogP contribution in [0.3, 0.4) is 0 Å². The molecule has 0 unspecified atom stereocenters. The highest BCUT2D eigenvalue weighted by molar-refractivity contribution is 5.95. The van der Waals surface area contributed by atoms with Crippen LogP contribution in [0.5, 0.6) is 0 Å². The van der Waals surface area contributed by atoms with Crippen LogP contribution in [0, 0.1) is 19.8 Å². The van der Waals surface area contributed by atoms with Gasteiger partial charge in [-0.1, -0.05) is 13.8 Å². The summed E-state index contributed by atoms with van der Waals surface area (Å²) >= 11 is 0. The van der Waals surface area contributed by atoms with E-state index in [1.54, 1.807) is 4.90 Å². The van der Waals surface area contributed by atoms with E-state index in [0.29, 0.717) is 18.7 Å². The molecule has 0 bridgehead atoms. The molecule has 4 heteroatoms. The Labute approximate surface area is 108 Å². The monoisotopic (exact) mass is 248 g/mol. The third-order valence-electron chi connectivity index (χ3n) is 3.75. The summed E-state index contributed by atoms with van der Waals surface area (Å²) in [6.07, 6.45) is 0. The molecule has 1 N–H and O–H groups in total. The van der Waals surface area contributed by atoms with Crippen LogP contribution in [-0.4, -0.2) is 39.6 Å². The Morgan fingerprint density at radius 1 is 1.39 bits per heavy atom. The molecule has 2 heterocycles. The molecule has 1 saturated heterocycles. The Morgan fingerprint density at radius 2 is 2.00 bits per heavy atom. The molecular weight excluding hydrogens is 228 g/mol. The van der Waals surface area contributed by atoms with Crippen molar-refractivity contribution < 1.29 is 9.90 Å². The Bertz CT molecular complexity index is 477. The predicted molar refractivity (Wildman–Crippen MR) is 69.4 cm³/mol. The fourth-order valence-electron chi connectivity index (χ4n) is 2.21. The van der Waals surface area contributed by atoms with Gasteiger partial charge >= 0.3 is 0 Å². The van der Waals surface area contributed by atoms with Gasteiger partial charge in [-0.15, -0.1) is 0 Å². The first-order chi connectivity index (χ1) is 8.33. The molecule has 0 saturated carbocycles. The first-order valence-corrected chi connectivity index (χ1v) is 6.29. The first-order valence-electron chi connectivity index (χ1n) is 6.29. The number of pyridine rings is 1. The third kappa shape index (κ3) is 2.12. The molecule has 1 amide bonds. The highest BCUT2D eigenvalue weighted by Crippen LogP contribution is 2.30. The minimum absolute atomic E-state index is 0.0367. The molecule has 0 spiro atoms. The number of carbonyl (C=O) groups is 1. The van der Waals surface area contributed by atoms with Crippen LogP contribution >= 0.6 is 0 Å². The molecule has 98 valence electrons. The fourth-order valence-corrected chi connectivity index (χ4v) is 2.21. The van der Waals surface area contributed by atoms with Crippen molar-refractivity contribution in [3.05, 3.63) is 29.1 Å². The summed E-state index contributed by atoms with van der Waals surface area (Å²) in [7, 11) is 0. The molecule has 4 nitrogen and oxygen atoms in total. The second-order valence-electron chi connectivity index (χ2n) is 5.51. The van der Waals surface area contributed by atoms with Gasteiger partial charge < -0.3 is 10.0 Å². The molecule has 1 aromatic heterocycles. The maximum absolute atomic E-state index is 12.2. The lowest BCUT2D eigenvalue weighted by Gasteiger charge is -2.49. The van der Waals surface area contributed by atoms with E-state index in [2.05, 4.69) is 4.98 Å². The molecule has 0 atom stereocenters. The molecule has 1 aliphatic heterocycles. The second-order valence-corrected chi connectivity index (χ2v) is 5.51. The van der Waals surface area contributed by atoms with Crippen molar-refractivity contribution in [3.63, 3.8) is 0 Å².